The summed E-state index contributed by atoms with van der Waals surface area (Å²) in [7, 11) is -8.76. The average molecular weight is 1150 g/mol. The number of halogens is 11. The molecule has 2 aromatic carbocycles. The summed E-state index contributed by atoms with van der Waals surface area (Å²) in [6.45, 7) is -0.119. The predicted molar refractivity (Wildman–Crippen MR) is 250 cm³/mol. The third kappa shape index (κ3) is 12.5. The maximum atomic E-state index is 15.8. The second-order valence-electron chi connectivity index (χ2n) is 18.5. The summed E-state index contributed by atoms with van der Waals surface area (Å²) in [6.07, 6.45) is -12.0. The van der Waals surface area contributed by atoms with Gasteiger partial charge in [-0.15, -0.1) is 0 Å². The molecule has 18 nitrogen and oxygen atoms in total. The minimum atomic E-state index is -5.28. The molecule has 0 saturated heterocycles. The van der Waals surface area contributed by atoms with Gasteiger partial charge in [0.15, 0.2) is 21.3 Å². The number of anilines is 1. The van der Waals surface area contributed by atoms with Gasteiger partial charge in [-0.3, -0.25) is 23.9 Å². The Morgan fingerprint density at radius 2 is 1.54 bits per heavy atom. The number of nitrogens with one attached hydrogen (secondary N) is 2. The molecular weight excluding hydrogens is 1100 g/mol. The number of amides is 3. The molecule has 1 aliphatic rings. The Labute approximate surface area is 430 Å². The minimum absolute atomic E-state index is 0.00251. The first-order valence-electron chi connectivity index (χ1n) is 22.3. The molecule has 3 atom stereocenters. The van der Waals surface area contributed by atoms with E-state index in [1.807, 2.05) is 5.32 Å². The van der Waals surface area contributed by atoms with E-state index in [9.17, 15) is 71.1 Å². The van der Waals surface area contributed by atoms with E-state index in [2.05, 4.69) is 20.5 Å². The Hall–Kier alpha value is -6.56. The summed E-state index contributed by atoms with van der Waals surface area (Å²) in [5, 5.41) is 19.0. The molecule has 3 amide bonds. The number of hydrogen-bond acceptors (Lipinski definition) is 12. The van der Waals surface area contributed by atoms with Crippen molar-refractivity contribution in [3.05, 3.63) is 93.0 Å². The topological polar surface area (TPSA) is 242 Å². The first kappa shape index (κ1) is 58.7. The number of nitrogens with zero attached hydrogens (tertiary/aromatic N) is 6. The van der Waals surface area contributed by atoms with Gasteiger partial charge in [-0.05, 0) is 68.9 Å². The van der Waals surface area contributed by atoms with E-state index in [0.29, 0.717) is 12.3 Å². The number of rotatable bonds is 17. The highest BCUT2D eigenvalue weighted by Crippen LogP contribution is 2.55. The fourth-order valence-electron chi connectivity index (χ4n) is 8.40. The first-order chi connectivity index (χ1) is 34.8. The number of aliphatic carboxylic acids is 1. The van der Waals surface area contributed by atoms with Crippen LogP contribution >= 0.6 is 11.6 Å². The molecule has 3 heterocycles. The van der Waals surface area contributed by atoms with E-state index < -0.39 is 179 Å². The fraction of sp³-hybridized carbons (Fsp3) is 0.444. The van der Waals surface area contributed by atoms with E-state index in [4.69, 9.17) is 21.4 Å². The van der Waals surface area contributed by atoms with Crippen molar-refractivity contribution < 1.29 is 89.8 Å². The van der Waals surface area contributed by atoms with Crippen LogP contribution in [-0.2, 0) is 77.0 Å². The number of sulfone groups is 1. The van der Waals surface area contributed by atoms with Crippen molar-refractivity contribution in [1.29, 1.82) is 0 Å². The lowest BCUT2D eigenvalue weighted by atomic mass is 9.93. The largest absolute Gasteiger partial charge is 0.474 e. The fourth-order valence-corrected chi connectivity index (χ4v) is 9.88. The Morgan fingerprint density at radius 1 is 0.921 bits per heavy atom. The quantitative estimate of drug-likeness (QED) is 0.0462. The van der Waals surface area contributed by atoms with E-state index in [1.54, 1.807) is 0 Å². The van der Waals surface area contributed by atoms with E-state index in [0.717, 1.165) is 44.4 Å². The van der Waals surface area contributed by atoms with Crippen LogP contribution in [0, 0.1) is 17.6 Å². The molecule has 0 unspecified atom stereocenters. The summed E-state index contributed by atoms with van der Waals surface area (Å²) >= 11 is 6.60. The maximum absolute atomic E-state index is 15.8. The first-order valence-corrected chi connectivity index (χ1v) is 26.4. The normalized spacial score (nSPS) is 16.3. The molecule has 0 radical (unpaired) electrons. The van der Waals surface area contributed by atoms with Crippen molar-refractivity contribution in [2.75, 3.05) is 30.0 Å². The highest BCUT2D eigenvalue weighted by molar-refractivity contribution is 7.92. The number of aromatic nitrogens is 5. The molecule has 0 aliphatic heterocycles. The molecule has 5 aromatic rings. The Kier molecular flexibility index (Phi) is 16.3. The van der Waals surface area contributed by atoms with Crippen LogP contribution in [0.3, 0.4) is 0 Å². The van der Waals surface area contributed by atoms with Gasteiger partial charge in [0.05, 0.1) is 45.2 Å². The SMILES string of the molecule is C[C@@H]1c2c(C(F)(F)F)nn(CC(=O)N[C@@H](Cc3cc(F)cc(F)c3)c3nc(CCC(C)(C)S(C)(=O)=O)ccc3-c3ccc(Cl)c4c(N(C(=O)OCCNC(=O)C(=O)O)S(C)(=O)=O)nn(CC(F)(F)F)c34)c2C(F)(F)[C@@H]1C. The smallest absolute Gasteiger partial charge is 0.435 e. The summed E-state index contributed by atoms with van der Waals surface area (Å²) in [5.41, 5.74) is -5.90. The van der Waals surface area contributed by atoms with Gasteiger partial charge < -0.3 is 20.5 Å². The van der Waals surface area contributed by atoms with E-state index in [-0.39, 0.29) is 43.3 Å². The number of benzene rings is 2. The number of carbonyl (C=O) groups is 4. The predicted octanol–water partition coefficient (Wildman–Crippen LogP) is 7.61. The van der Waals surface area contributed by atoms with Crippen LogP contribution in [0.25, 0.3) is 22.0 Å². The molecular formula is C45H45ClF10N8O10S2. The molecule has 3 aromatic heterocycles. The van der Waals surface area contributed by atoms with Crippen LogP contribution in [0.4, 0.5) is 54.5 Å². The Morgan fingerprint density at radius 3 is 2.11 bits per heavy atom. The number of aryl methyl sites for hydroxylation is 1. The lowest BCUT2D eigenvalue weighted by molar-refractivity contribution is -0.150. The van der Waals surface area contributed by atoms with Gasteiger partial charge in [0, 0.05) is 40.6 Å². The summed E-state index contributed by atoms with van der Waals surface area (Å²) in [4.78, 5) is 54.8. The van der Waals surface area contributed by atoms with Gasteiger partial charge in [0.2, 0.25) is 15.9 Å². The Balaban J connectivity index is 1.61. The van der Waals surface area contributed by atoms with Gasteiger partial charge in [-0.25, -0.2) is 35.2 Å². The van der Waals surface area contributed by atoms with Crippen molar-refractivity contribution in [2.45, 2.75) is 95.0 Å². The number of alkyl halides is 8. The lowest BCUT2D eigenvalue weighted by Crippen LogP contribution is -2.39. The zero-order valence-electron chi connectivity index (χ0n) is 40.5. The summed E-state index contributed by atoms with van der Waals surface area (Å²) in [6, 6.07) is 4.80. The summed E-state index contributed by atoms with van der Waals surface area (Å²) in [5.74, 6) is -15.4. The van der Waals surface area contributed by atoms with Crippen molar-refractivity contribution in [1.82, 2.24) is 35.2 Å². The molecule has 0 fully saturated rings. The highest BCUT2D eigenvalue weighted by atomic mass is 35.5. The molecule has 3 N–H and O–H groups in total. The third-order valence-corrected chi connectivity index (χ3v) is 16.1. The van der Waals surface area contributed by atoms with Crippen molar-refractivity contribution in [2.24, 2.45) is 5.92 Å². The van der Waals surface area contributed by atoms with Crippen LogP contribution < -0.4 is 14.9 Å². The average Bonchev–Trinajstić information content (AvgIpc) is 3.89. The van der Waals surface area contributed by atoms with Crippen molar-refractivity contribution in [3.63, 3.8) is 0 Å². The number of hydrogen-bond donors (Lipinski definition) is 3. The number of carboxylic acids is 1. The van der Waals surface area contributed by atoms with E-state index >= 15 is 8.78 Å². The zero-order valence-corrected chi connectivity index (χ0v) is 42.9. The minimum Gasteiger partial charge on any atom is -0.474 e. The molecule has 0 spiro atoms. The highest BCUT2D eigenvalue weighted by Gasteiger charge is 2.57. The second kappa shape index (κ2) is 21.1. The number of carboxylic acid groups (broad SMARTS) is 1. The molecule has 6 rings (SSSR count). The molecule has 0 bridgehead atoms. The molecule has 0 saturated carbocycles. The van der Waals surface area contributed by atoms with Crippen molar-refractivity contribution >= 4 is 72.1 Å². The lowest BCUT2D eigenvalue weighted by Gasteiger charge is -2.25. The molecule has 1 aliphatic carbocycles. The number of pyridine rings is 1. The van der Waals surface area contributed by atoms with Crippen LogP contribution in [0.5, 0.6) is 0 Å². The monoisotopic (exact) mass is 1150 g/mol. The van der Waals surface area contributed by atoms with Crippen LogP contribution in [0.15, 0.2) is 42.5 Å². The van der Waals surface area contributed by atoms with Gasteiger partial charge in [-0.1, -0.05) is 37.6 Å². The number of fused-ring (bicyclic) bond motifs is 2. The third-order valence-electron chi connectivity index (χ3n) is 12.6. The van der Waals surface area contributed by atoms with Crippen molar-refractivity contribution in [3.8, 4) is 11.1 Å². The standard InChI is InChI=1S/C45H45ClF10N8O10S2/c1-21-22(2)44(52,53)37-32(21)36(45(54,55)56)60-62(37)19-31(65)59-30(17-23-15-24(47)18-25(48)16-23)34-27(8-7-26(58-34)11-12-42(3,4)75(5,70)71)28-9-10-29(46)33-35(28)63(20-43(49,50)51)61-38(33)64(76(6,72)73)41(69)74-14-13-57-39(66)40(67)68/h7-10,15-16,18,21-22,30H,11-14,17,19-20H2,1-6H3,(H,57,66)(H,59,65)(H,67,68)/t21-,22+,30-/m0/s1. The van der Waals surface area contributed by atoms with Gasteiger partial charge in [0.1, 0.15) is 37.0 Å². The van der Waals surface area contributed by atoms with Gasteiger partial charge in [-0.2, -0.15) is 49.6 Å². The molecule has 31 heteroatoms. The molecule has 76 heavy (non-hydrogen) atoms. The Bertz CT molecular complexity index is 3350. The van der Waals surface area contributed by atoms with Crippen LogP contribution in [-0.4, -0.2) is 107 Å². The second-order valence-corrected chi connectivity index (χ2v) is 23.3. The zero-order chi connectivity index (χ0) is 57.0. The summed E-state index contributed by atoms with van der Waals surface area (Å²) < 4.78 is 204. The number of ether oxygens (including phenoxy) is 1. The number of sulfonamides is 1. The van der Waals surface area contributed by atoms with Gasteiger partial charge >= 0.3 is 30.3 Å². The number of carbonyl (C=O) groups excluding carboxylic acids is 3. The van der Waals surface area contributed by atoms with E-state index in [1.165, 1.54) is 26.0 Å². The van der Waals surface area contributed by atoms with Gasteiger partial charge in [0.25, 0.3) is 5.92 Å². The molecule has 414 valence electrons. The van der Waals surface area contributed by atoms with Crippen LogP contribution in [0.2, 0.25) is 5.02 Å². The van der Waals surface area contributed by atoms with Crippen LogP contribution in [0.1, 0.15) is 80.0 Å². The maximum Gasteiger partial charge on any atom is 0.435 e.